The SMILES string of the molecule is C[C@@H]1c2ccsc2CCN1CN1C(=O)C(=O)c2cc(Cl)ccc21. The number of anilines is 1. The summed E-state index contributed by atoms with van der Waals surface area (Å²) in [5.74, 6) is -0.936. The molecule has 0 bridgehead atoms. The molecule has 23 heavy (non-hydrogen) atoms. The number of carbonyl (C=O) groups is 2. The second-order valence-corrected chi connectivity index (χ2v) is 7.34. The van der Waals surface area contributed by atoms with E-state index in [4.69, 9.17) is 11.6 Å². The zero-order valence-electron chi connectivity index (χ0n) is 12.6. The Balaban J connectivity index is 1.63. The van der Waals surface area contributed by atoms with Gasteiger partial charge in [0.1, 0.15) is 0 Å². The summed E-state index contributed by atoms with van der Waals surface area (Å²) in [5.41, 5.74) is 2.40. The van der Waals surface area contributed by atoms with Crippen molar-refractivity contribution in [1.29, 1.82) is 0 Å². The molecule has 1 aromatic carbocycles. The lowest BCUT2D eigenvalue weighted by atomic mass is 10.0. The van der Waals surface area contributed by atoms with Crippen LogP contribution in [-0.4, -0.2) is 29.8 Å². The highest BCUT2D eigenvalue weighted by Crippen LogP contribution is 2.36. The number of rotatable bonds is 2. The van der Waals surface area contributed by atoms with Crippen LogP contribution in [0.2, 0.25) is 5.02 Å². The summed E-state index contributed by atoms with van der Waals surface area (Å²) in [5, 5.41) is 2.59. The Labute approximate surface area is 143 Å². The fraction of sp³-hybridized carbons (Fsp3) is 0.294. The smallest absolute Gasteiger partial charge is 0.291 e. The second-order valence-electron chi connectivity index (χ2n) is 5.90. The molecule has 1 aromatic heterocycles. The molecule has 0 N–H and O–H groups in total. The van der Waals surface area contributed by atoms with Crippen LogP contribution >= 0.6 is 22.9 Å². The van der Waals surface area contributed by atoms with Gasteiger partial charge in [0.25, 0.3) is 5.78 Å². The fourth-order valence-corrected chi connectivity index (χ4v) is 4.48. The van der Waals surface area contributed by atoms with Crippen molar-refractivity contribution >= 4 is 40.3 Å². The largest absolute Gasteiger partial charge is 0.300 e. The molecular weight excluding hydrogens is 332 g/mol. The molecule has 0 saturated carbocycles. The number of halogens is 1. The van der Waals surface area contributed by atoms with Gasteiger partial charge in [-0.2, -0.15) is 0 Å². The highest BCUT2D eigenvalue weighted by Gasteiger charge is 2.38. The fourth-order valence-electron chi connectivity index (χ4n) is 3.35. The van der Waals surface area contributed by atoms with Crippen LogP contribution in [0.4, 0.5) is 5.69 Å². The van der Waals surface area contributed by atoms with Crippen molar-refractivity contribution in [2.75, 3.05) is 18.1 Å². The summed E-state index contributed by atoms with van der Waals surface area (Å²) in [7, 11) is 0. The summed E-state index contributed by atoms with van der Waals surface area (Å²) in [6, 6.07) is 7.44. The predicted octanol–water partition coefficient (Wildman–Crippen LogP) is 3.51. The number of nitrogens with zero attached hydrogens (tertiary/aromatic N) is 2. The van der Waals surface area contributed by atoms with Crippen LogP contribution < -0.4 is 4.90 Å². The number of ketones is 1. The lowest BCUT2D eigenvalue weighted by Crippen LogP contribution is -2.44. The molecule has 0 fully saturated rings. The van der Waals surface area contributed by atoms with Crippen LogP contribution in [0, 0.1) is 0 Å². The summed E-state index contributed by atoms with van der Waals surface area (Å²) in [6.07, 6.45) is 0.987. The Kier molecular flexibility index (Phi) is 3.52. The van der Waals surface area contributed by atoms with E-state index < -0.39 is 11.7 Å². The van der Waals surface area contributed by atoms with Gasteiger partial charge in [-0.05, 0) is 48.6 Å². The van der Waals surface area contributed by atoms with E-state index in [-0.39, 0.29) is 6.04 Å². The second kappa shape index (κ2) is 5.44. The third-order valence-corrected chi connectivity index (χ3v) is 5.89. The highest BCUT2D eigenvalue weighted by molar-refractivity contribution is 7.10. The van der Waals surface area contributed by atoms with E-state index in [1.807, 2.05) is 0 Å². The molecular formula is C17H15ClN2O2S. The Morgan fingerprint density at radius 2 is 2.13 bits per heavy atom. The number of benzene rings is 1. The van der Waals surface area contributed by atoms with Crippen molar-refractivity contribution in [2.45, 2.75) is 19.4 Å². The monoisotopic (exact) mass is 346 g/mol. The molecule has 0 radical (unpaired) electrons. The molecule has 4 rings (SSSR count). The molecule has 1 amide bonds. The van der Waals surface area contributed by atoms with Gasteiger partial charge < -0.3 is 0 Å². The molecule has 1 atom stereocenters. The summed E-state index contributed by atoms with van der Waals surface area (Å²) in [4.78, 5) is 29.8. The van der Waals surface area contributed by atoms with Crippen molar-refractivity contribution < 1.29 is 9.59 Å². The molecule has 4 nitrogen and oxygen atoms in total. The summed E-state index contributed by atoms with van der Waals surface area (Å²) in [6.45, 7) is 3.46. The molecule has 2 aromatic rings. The molecule has 0 spiro atoms. The predicted molar refractivity (Wildman–Crippen MR) is 91.3 cm³/mol. The average Bonchev–Trinajstić information content (AvgIpc) is 3.10. The van der Waals surface area contributed by atoms with Gasteiger partial charge >= 0.3 is 5.91 Å². The van der Waals surface area contributed by atoms with Gasteiger partial charge in [0, 0.05) is 22.5 Å². The van der Waals surface area contributed by atoms with Crippen LogP contribution in [0.15, 0.2) is 29.6 Å². The minimum Gasteiger partial charge on any atom is -0.291 e. The topological polar surface area (TPSA) is 40.6 Å². The number of fused-ring (bicyclic) bond motifs is 2. The Morgan fingerprint density at radius 1 is 1.30 bits per heavy atom. The first kappa shape index (κ1) is 14.9. The Morgan fingerprint density at radius 3 is 2.96 bits per heavy atom. The van der Waals surface area contributed by atoms with E-state index in [2.05, 4.69) is 23.3 Å². The van der Waals surface area contributed by atoms with Crippen LogP contribution in [-0.2, 0) is 11.2 Å². The highest BCUT2D eigenvalue weighted by atomic mass is 35.5. The molecule has 0 unspecified atom stereocenters. The van der Waals surface area contributed by atoms with Gasteiger partial charge in [-0.15, -0.1) is 11.3 Å². The number of carbonyl (C=O) groups excluding carboxylic acids is 2. The molecule has 2 aliphatic heterocycles. The lowest BCUT2D eigenvalue weighted by molar-refractivity contribution is -0.114. The number of hydrogen-bond acceptors (Lipinski definition) is 4. The zero-order valence-corrected chi connectivity index (χ0v) is 14.2. The quantitative estimate of drug-likeness (QED) is 0.781. The number of Topliss-reactive ketones (excluding diaryl/α,β-unsaturated/α-hetero) is 1. The number of thiophene rings is 1. The number of amides is 1. The molecule has 3 heterocycles. The molecule has 118 valence electrons. The average molecular weight is 347 g/mol. The van der Waals surface area contributed by atoms with Crippen LogP contribution in [0.25, 0.3) is 0 Å². The van der Waals surface area contributed by atoms with Crippen LogP contribution in [0.1, 0.15) is 33.8 Å². The molecule has 2 aliphatic rings. The summed E-state index contributed by atoms with van der Waals surface area (Å²) < 4.78 is 0. The Bertz CT molecular complexity index is 817. The van der Waals surface area contributed by atoms with E-state index >= 15 is 0 Å². The van der Waals surface area contributed by atoms with Crippen LogP contribution in [0.3, 0.4) is 0 Å². The molecule has 0 saturated heterocycles. The van der Waals surface area contributed by atoms with Crippen molar-refractivity contribution in [3.63, 3.8) is 0 Å². The maximum atomic E-state index is 12.4. The van der Waals surface area contributed by atoms with Crippen LogP contribution in [0.5, 0.6) is 0 Å². The van der Waals surface area contributed by atoms with Crippen molar-refractivity contribution in [3.8, 4) is 0 Å². The normalized spacial score (nSPS) is 20.8. The maximum Gasteiger partial charge on any atom is 0.300 e. The van der Waals surface area contributed by atoms with Gasteiger partial charge in [-0.1, -0.05) is 11.6 Å². The first-order valence-corrected chi connectivity index (χ1v) is 8.78. The Hall–Kier alpha value is -1.69. The van der Waals surface area contributed by atoms with Gasteiger partial charge in [-0.3, -0.25) is 19.4 Å². The van der Waals surface area contributed by atoms with Gasteiger partial charge in [0.2, 0.25) is 0 Å². The van der Waals surface area contributed by atoms with E-state index in [1.165, 1.54) is 10.4 Å². The zero-order chi connectivity index (χ0) is 16.1. The third-order valence-electron chi connectivity index (χ3n) is 4.66. The van der Waals surface area contributed by atoms with E-state index in [0.717, 1.165) is 13.0 Å². The minimum atomic E-state index is -0.469. The van der Waals surface area contributed by atoms with E-state index in [9.17, 15) is 9.59 Å². The van der Waals surface area contributed by atoms with E-state index in [0.29, 0.717) is 22.9 Å². The first-order chi connectivity index (χ1) is 11.1. The van der Waals surface area contributed by atoms with Crippen molar-refractivity contribution in [2.24, 2.45) is 0 Å². The van der Waals surface area contributed by atoms with Gasteiger partial charge in [-0.25, -0.2) is 0 Å². The van der Waals surface area contributed by atoms with Crippen molar-refractivity contribution in [3.05, 3.63) is 50.7 Å². The molecule has 0 aliphatic carbocycles. The van der Waals surface area contributed by atoms with Gasteiger partial charge in [0.05, 0.1) is 17.9 Å². The number of hydrogen-bond donors (Lipinski definition) is 0. The third kappa shape index (κ3) is 2.31. The van der Waals surface area contributed by atoms with Gasteiger partial charge in [0.15, 0.2) is 0 Å². The molecule has 6 heteroatoms. The lowest BCUT2D eigenvalue weighted by Gasteiger charge is -2.36. The maximum absolute atomic E-state index is 12.4. The first-order valence-electron chi connectivity index (χ1n) is 7.52. The van der Waals surface area contributed by atoms with Crippen molar-refractivity contribution in [1.82, 2.24) is 4.90 Å². The summed E-state index contributed by atoms with van der Waals surface area (Å²) >= 11 is 7.74. The van der Waals surface area contributed by atoms with E-state index in [1.54, 1.807) is 34.4 Å². The standard InChI is InChI=1S/C17H15ClN2O2S/c1-10-12-5-7-23-15(12)4-6-19(10)9-20-14-3-2-11(18)8-13(14)16(21)17(20)22/h2-3,5,7-8,10H,4,6,9H2,1H3/t10-/m1/s1. The minimum absolute atomic E-state index is 0.240.